The fourth-order valence-electron chi connectivity index (χ4n) is 7.07. The largest absolute Gasteiger partial charge is 0.310 e. The van der Waals surface area contributed by atoms with Gasteiger partial charge in [-0.05, 0) is 80.5 Å². The Balaban J connectivity index is 1.67. The molecule has 1 heteroatoms. The van der Waals surface area contributed by atoms with E-state index in [1.165, 1.54) is 50.4 Å². The van der Waals surface area contributed by atoms with E-state index in [9.17, 15) is 0 Å². The first-order valence-electron chi connectivity index (χ1n) is 13.6. The maximum Gasteiger partial charge on any atom is 0.0543 e. The minimum Gasteiger partial charge on any atom is -0.310 e. The fourth-order valence-corrected chi connectivity index (χ4v) is 7.07. The van der Waals surface area contributed by atoms with E-state index in [0.717, 1.165) is 0 Å². The molecule has 0 fully saturated rings. The van der Waals surface area contributed by atoms with E-state index in [1.54, 1.807) is 0 Å². The molecule has 6 rings (SSSR count). The molecule has 0 aromatic heterocycles. The van der Waals surface area contributed by atoms with Crippen LogP contribution in [0.3, 0.4) is 0 Å². The first kappa shape index (κ1) is 24.0. The lowest BCUT2D eigenvalue weighted by Crippen LogP contribution is -2.42. The molecule has 0 heterocycles. The highest BCUT2D eigenvalue weighted by Gasteiger charge is 2.57. The summed E-state index contributed by atoms with van der Waals surface area (Å²) in [4.78, 5) is 2.43. The second-order valence-electron chi connectivity index (χ2n) is 13.1. The van der Waals surface area contributed by atoms with Crippen LogP contribution in [0, 0.1) is 5.41 Å². The van der Waals surface area contributed by atoms with Gasteiger partial charge in [0.1, 0.15) is 0 Å². The van der Waals surface area contributed by atoms with Gasteiger partial charge < -0.3 is 4.90 Å². The Bertz CT molecular complexity index is 1460. The van der Waals surface area contributed by atoms with Crippen molar-refractivity contribution in [2.45, 2.75) is 71.6 Å². The normalized spacial score (nSPS) is 19.1. The Hall–Kier alpha value is -3.32. The van der Waals surface area contributed by atoms with Crippen LogP contribution in [0.2, 0.25) is 0 Å². The van der Waals surface area contributed by atoms with Crippen LogP contribution in [0.25, 0.3) is 11.1 Å². The van der Waals surface area contributed by atoms with Gasteiger partial charge in [-0.25, -0.2) is 0 Å². The molecule has 1 nitrogen and oxygen atoms in total. The third-order valence-electron chi connectivity index (χ3n) is 10.6. The molecule has 37 heavy (non-hydrogen) atoms. The summed E-state index contributed by atoms with van der Waals surface area (Å²) >= 11 is 0. The van der Waals surface area contributed by atoms with Crippen LogP contribution in [-0.4, -0.2) is 0 Å². The van der Waals surface area contributed by atoms with E-state index in [-0.39, 0.29) is 21.7 Å². The van der Waals surface area contributed by atoms with Gasteiger partial charge in [0.15, 0.2) is 0 Å². The summed E-state index contributed by atoms with van der Waals surface area (Å²) in [6, 6.07) is 33.6. The first-order chi connectivity index (χ1) is 17.4. The minimum atomic E-state index is -0.0677. The molecule has 0 N–H and O–H groups in total. The van der Waals surface area contributed by atoms with Crippen molar-refractivity contribution >= 4 is 17.1 Å². The van der Waals surface area contributed by atoms with Crippen molar-refractivity contribution < 1.29 is 0 Å². The van der Waals surface area contributed by atoms with E-state index in [4.69, 9.17) is 0 Å². The van der Waals surface area contributed by atoms with Crippen molar-refractivity contribution in [3.63, 3.8) is 0 Å². The van der Waals surface area contributed by atoms with Crippen LogP contribution < -0.4 is 4.90 Å². The quantitative estimate of drug-likeness (QED) is 0.279. The smallest absolute Gasteiger partial charge is 0.0543 e. The molecule has 0 saturated heterocycles. The predicted octanol–water partition coefficient (Wildman–Crippen LogP) is 10.1. The zero-order chi connectivity index (χ0) is 26.4. The van der Waals surface area contributed by atoms with Crippen molar-refractivity contribution in [2.75, 3.05) is 4.90 Å². The molecule has 0 amide bonds. The van der Waals surface area contributed by atoms with Gasteiger partial charge in [-0.15, -0.1) is 0 Å². The molecule has 0 saturated carbocycles. The fraction of sp³-hybridized carbons (Fsp3) is 0.333. The summed E-state index contributed by atoms with van der Waals surface area (Å²) in [5.41, 5.74) is 12.5. The molecule has 0 radical (unpaired) electrons. The highest BCUT2D eigenvalue weighted by molar-refractivity contribution is 5.95. The van der Waals surface area contributed by atoms with Gasteiger partial charge in [-0.1, -0.05) is 110 Å². The molecule has 188 valence electrons. The SMILES string of the molecule is CC1(C)c2cc3c(cc2-c2c(N(c4ccccc4)c4ccccc4)cccc21)C(C)(C)C(C)(C)C3(C)C. The standard InChI is InChI=1S/C36H39N/c1-33(2)27-20-15-21-31(37(24-16-11-9-12-17-24)25-18-13-10-14-19-25)32(27)26-22-29-30(23-28(26)33)35(5,6)36(7,8)34(29,3)4/h9-23H,1-8H3. The van der Waals surface area contributed by atoms with Crippen LogP contribution >= 0.6 is 0 Å². The van der Waals surface area contributed by atoms with Crippen molar-refractivity contribution in [2.24, 2.45) is 5.41 Å². The van der Waals surface area contributed by atoms with E-state index in [0.29, 0.717) is 0 Å². The Kier molecular flexibility index (Phi) is 4.94. The number of hydrogen-bond donors (Lipinski definition) is 0. The Morgan fingerprint density at radius 2 is 1.00 bits per heavy atom. The second kappa shape index (κ2) is 7.60. The lowest BCUT2D eigenvalue weighted by molar-refractivity contribution is 0.125. The molecular weight excluding hydrogens is 446 g/mol. The van der Waals surface area contributed by atoms with Crippen molar-refractivity contribution in [3.05, 3.63) is 113 Å². The Morgan fingerprint density at radius 3 is 1.54 bits per heavy atom. The minimum absolute atomic E-state index is 0.0677. The molecule has 4 aromatic carbocycles. The zero-order valence-corrected chi connectivity index (χ0v) is 23.6. The monoisotopic (exact) mass is 485 g/mol. The van der Waals surface area contributed by atoms with Gasteiger partial charge in [0, 0.05) is 22.4 Å². The summed E-state index contributed by atoms with van der Waals surface area (Å²) in [5.74, 6) is 0. The van der Waals surface area contributed by atoms with E-state index < -0.39 is 0 Å². The molecular formula is C36H39N. The molecule has 0 spiro atoms. The second-order valence-corrected chi connectivity index (χ2v) is 13.1. The topological polar surface area (TPSA) is 3.24 Å². The third kappa shape index (κ3) is 3.03. The third-order valence-corrected chi connectivity index (χ3v) is 10.6. The van der Waals surface area contributed by atoms with E-state index >= 15 is 0 Å². The van der Waals surface area contributed by atoms with Crippen molar-refractivity contribution in [1.82, 2.24) is 0 Å². The average molecular weight is 486 g/mol. The molecule has 4 aromatic rings. The maximum absolute atomic E-state index is 2.57. The van der Waals surface area contributed by atoms with Crippen LogP contribution in [0.4, 0.5) is 17.1 Å². The summed E-state index contributed by atoms with van der Waals surface area (Å²) in [6.07, 6.45) is 0. The highest BCUT2D eigenvalue weighted by Crippen LogP contribution is 2.64. The molecule has 0 unspecified atom stereocenters. The lowest BCUT2D eigenvalue weighted by Gasteiger charge is -2.44. The summed E-state index contributed by atoms with van der Waals surface area (Å²) in [5, 5.41) is 0. The van der Waals surface area contributed by atoms with Gasteiger partial charge in [0.05, 0.1) is 5.69 Å². The van der Waals surface area contributed by atoms with Gasteiger partial charge in [0.2, 0.25) is 0 Å². The molecule has 2 aliphatic rings. The van der Waals surface area contributed by atoms with Crippen LogP contribution in [0.5, 0.6) is 0 Å². The number of hydrogen-bond acceptors (Lipinski definition) is 1. The molecule has 0 atom stereocenters. The summed E-state index contributed by atoms with van der Waals surface area (Å²) in [6.45, 7) is 19.5. The highest BCUT2D eigenvalue weighted by atomic mass is 15.1. The average Bonchev–Trinajstić information content (AvgIpc) is 3.16. The Morgan fingerprint density at radius 1 is 0.486 bits per heavy atom. The summed E-state index contributed by atoms with van der Waals surface area (Å²) in [7, 11) is 0. The lowest BCUT2D eigenvalue weighted by atomic mass is 9.59. The number of para-hydroxylation sites is 2. The van der Waals surface area contributed by atoms with Gasteiger partial charge in [0.25, 0.3) is 0 Å². The maximum atomic E-state index is 2.57. The molecule has 0 bridgehead atoms. The van der Waals surface area contributed by atoms with Crippen LogP contribution in [0.15, 0.2) is 91.0 Å². The van der Waals surface area contributed by atoms with E-state index in [1.807, 2.05) is 0 Å². The first-order valence-corrected chi connectivity index (χ1v) is 13.6. The van der Waals surface area contributed by atoms with E-state index in [2.05, 4.69) is 151 Å². The Labute approximate surface area is 223 Å². The number of fused-ring (bicyclic) bond motifs is 4. The van der Waals surface area contributed by atoms with Crippen LogP contribution in [-0.2, 0) is 16.2 Å². The zero-order valence-electron chi connectivity index (χ0n) is 23.6. The number of anilines is 3. The molecule has 0 aliphatic heterocycles. The van der Waals surface area contributed by atoms with Crippen molar-refractivity contribution in [3.8, 4) is 11.1 Å². The number of rotatable bonds is 3. The van der Waals surface area contributed by atoms with Gasteiger partial charge in [-0.2, -0.15) is 0 Å². The molecule has 2 aliphatic carbocycles. The number of nitrogens with zero attached hydrogens (tertiary/aromatic N) is 1. The number of benzene rings is 4. The summed E-state index contributed by atoms with van der Waals surface area (Å²) < 4.78 is 0. The van der Waals surface area contributed by atoms with Gasteiger partial charge in [-0.3, -0.25) is 0 Å². The van der Waals surface area contributed by atoms with Gasteiger partial charge >= 0.3 is 0 Å². The predicted molar refractivity (Wildman–Crippen MR) is 159 cm³/mol. The van der Waals surface area contributed by atoms with Crippen molar-refractivity contribution in [1.29, 1.82) is 0 Å². The van der Waals surface area contributed by atoms with Crippen LogP contribution in [0.1, 0.15) is 77.6 Å².